The lowest BCUT2D eigenvalue weighted by Crippen LogP contribution is -2.25. The minimum atomic E-state index is -0.199. The van der Waals surface area contributed by atoms with Gasteiger partial charge in [0.2, 0.25) is 0 Å². The van der Waals surface area contributed by atoms with Crippen molar-refractivity contribution in [1.29, 1.82) is 0 Å². The summed E-state index contributed by atoms with van der Waals surface area (Å²) in [5, 5.41) is 1.18. The van der Waals surface area contributed by atoms with E-state index in [0.29, 0.717) is 46.3 Å². The Morgan fingerprint density at radius 1 is 1.11 bits per heavy atom. The number of halogens is 1. The lowest BCUT2D eigenvalue weighted by Gasteiger charge is -2.20. The second-order valence-electron chi connectivity index (χ2n) is 6.17. The van der Waals surface area contributed by atoms with Gasteiger partial charge in [0.25, 0.3) is 5.56 Å². The fourth-order valence-corrected chi connectivity index (χ4v) is 3.19. The third-order valence-electron chi connectivity index (χ3n) is 4.38. The summed E-state index contributed by atoms with van der Waals surface area (Å²) in [5.41, 5.74) is 1.49. The molecule has 3 aromatic rings. The first kappa shape index (κ1) is 19.2. The molecule has 142 valence electrons. The Balaban J connectivity index is 1.90. The van der Waals surface area contributed by atoms with Gasteiger partial charge >= 0.3 is 0 Å². The Hall–Kier alpha value is -2.57. The Bertz CT molecular complexity index is 1000. The third kappa shape index (κ3) is 4.40. The summed E-state index contributed by atoms with van der Waals surface area (Å²) in [6, 6.07) is 11.1. The van der Waals surface area contributed by atoms with Crippen LogP contribution in [-0.4, -0.2) is 35.6 Å². The summed E-state index contributed by atoms with van der Waals surface area (Å²) in [5.74, 6) is 1.64. The highest BCUT2D eigenvalue weighted by molar-refractivity contribution is 6.30. The molecule has 7 heteroatoms. The van der Waals surface area contributed by atoms with Gasteiger partial charge in [-0.3, -0.25) is 9.69 Å². The molecule has 0 atom stereocenters. The summed E-state index contributed by atoms with van der Waals surface area (Å²) in [6.07, 6.45) is 0. The maximum absolute atomic E-state index is 12.5. The van der Waals surface area contributed by atoms with E-state index in [1.54, 1.807) is 19.2 Å². The molecule has 0 saturated carbocycles. The zero-order valence-corrected chi connectivity index (χ0v) is 16.3. The number of benzene rings is 2. The van der Waals surface area contributed by atoms with E-state index in [1.165, 1.54) is 7.11 Å². The molecule has 0 spiro atoms. The van der Waals surface area contributed by atoms with E-state index in [-0.39, 0.29) is 5.56 Å². The SMILES string of the molecule is CCN(Cc1cccc(Cl)c1)Cc1nc2cc(OC)c(OC)cc2c(=O)[nH]1. The van der Waals surface area contributed by atoms with Gasteiger partial charge in [-0.25, -0.2) is 4.98 Å². The fourth-order valence-electron chi connectivity index (χ4n) is 2.97. The van der Waals surface area contributed by atoms with Crippen molar-refractivity contribution in [2.45, 2.75) is 20.0 Å². The van der Waals surface area contributed by atoms with Crippen molar-refractivity contribution in [2.75, 3.05) is 20.8 Å². The first-order valence-electron chi connectivity index (χ1n) is 8.65. The van der Waals surface area contributed by atoms with Crippen LogP contribution in [0, 0.1) is 0 Å². The Labute approximate surface area is 162 Å². The molecule has 0 unspecified atom stereocenters. The van der Waals surface area contributed by atoms with Crippen LogP contribution in [0.3, 0.4) is 0 Å². The smallest absolute Gasteiger partial charge is 0.258 e. The van der Waals surface area contributed by atoms with Crippen LogP contribution in [0.4, 0.5) is 0 Å². The number of aromatic nitrogens is 2. The molecule has 1 aromatic heterocycles. The molecule has 6 nitrogen and oxygen atoms in total. The maximum atomic E-state index is 12.5. The van der Waals surface area contributed by atoms with Gasteiger partial charge in [-0.15, -0.1) is 0 Å². The van der Waals surface area contributed by atoms with Crippen LogP contribution in [0.25, 0.3) is 10.9 Å². The number of methoxy groups -OCH3 is 2. The van der Waals surface area contributed by atoms with Crippen molar-refractivity contribution in [3.8, 4) is 11.5 Å². The van der Waals surface area contributed by atoms with Crippen LogP contribution in [0.1, 0.15) is 18.3 Å². The zero-order valence-electron chi connectivity index (χ0n) is 15.6. The van der Waals surface area contributed by atoms with Crippen LogP contribution in [0.5, 0.6) is 11.5 Å². The number of ether oxygens (including phenoxy) is 2. The van der Waals surface area contributed by atoms with Crippen molar-refractivity contribution in [3.63, 3.8) is 0 Å². The van der Waals surface area contributed by atoms with Crippen molar-refractivity contribution in [1.82, 2.24) is 14.9 Å². The number of aromatic amines is 1. The standard InChI is InChI=1S/C20H22ClN3O3/c1-4-24(11-13-6-5-7-14(21)8-13)12-19-22-16-10-18(27-3)17(26-2)9-15(16)20(25)23-19/h5-10H,4,11-12H2,1-3H3,(H,22,23,25). The molecule has 0 saturated heterocycles. The minimum absolute atomic E-state index is 0.199. The molecule has 0 amide bonds. The molecular formula is C20H22ClN3O3. The number of fused-ring (bicyclic) bond motifs is 1. The van der Waals surface area contributed by atoms with E-state index >= 15 is 0 Å². The largest absolute Gasteiger partial charge is 0.493 e. The number of hydrogen-bond donors (Lipinski definition) is 1. The molecule has 0 aliphatic heterocycles. The van der Waals surface area contributed by atoms with Gasteiger partial charge in [-0.1, -0.05) is 30.7 Å². The van der Waals surface area contributed by atoms with Crippen LogP contribution >= 0.6 is 11.6 Å². The van der Waals surface area contributed by atoms with E-state index in [1.807, 2.05) is 24.3 Å². The highest BCUT2D eigenvalue weighted by Gasteiger charge is 2.13. The summed E-state index contributed by atoms with van der Waals surface area (Å²) in [4.78, 5) is 22.2. The lowest BCUT2D eigenvalue weighted by atomic mass is 10.2. The summed E-state index contributed by atoms with van der Waals surface area (Å²) in [6.45, 7) is 4.10. The fraction of sp³-hybridized carbons (Fsp3) is 0.300. The molecule has 0 aliphatic rings. The summed E-state index contributed by atoms with van der Waals surface area (Å²) < 4.78 is 10.6. The molecule has 1 N–H and O–H groups in total. The van der Waals surface area contributed by atoms with Crippen LogP contribution in [0.15, 0.2) is 41.2 Å². The minimum Gasteiger partial charge on any atom is -0.493 e. The predicted molar refractivity (Wildman–Crippen MR) is 107 cm³/mol. The van der Waals surface area contributed by atoms with E-state index in [9.17, 15) is 4.79 Å². The normalized spacial score (nSPS) is 11.1. The van der Waals surface area contributed by atoms with Crippen molar-refractivity contribution >= 4 is 22.5 Å². The first-order valence-corrected chi connectivity index (χ1v) is 9.03. The highest BCUT2D eigenvalue weighted by atomic mass is 35.5. The molecule has 0 aliphatic carbocycles. The zero-order chi connectivity index (χ0) is 19.4. The molecule has 3 rings (SSSR count). The quantitative estimate of drug-likeness (QED) is 0.670. The molecule has 0 fully saturated rings. The Kier molecular flexibility index (Phi) is 5.98. The van der Waals surface area contributed by atoms with E-state index in [2.05, 4.69) is 21.8 Å². The molecule has 1 heterocycles. The number of hydrogen-bond acceptors (Lipinski definition) is 5. The number of nitrogens with zero attached hydrogens (tertiary/aromatic N) is 2. The van der Waals surface area contributed by atoms with Gasteiger partial charge in [0, 0.05) is 17.6 Å². The number of rotatable bonds is 7. The van der Waals surface area contributed by atoms with Gasteiger partial charge in [-0.05, 0) is 30.3 Å². The Morgan fingerprint density at radius 2 is 1.85 bits per heavy atom. The number of nitrogens with one attached hydrogen (secondary N) is 1. The van der Waals surface area contributed by atoms with Gasteiger partial charge < -0.3 is 14.5 Å². The number of H-pyrrole nitrogens is 1. The first-order chi connectivity index (χ1) is 13.0. The third-order valence-corrected chi connectivity index (χ3v) is 4.61. The topological polar surface area (TPSA) is 67.5 Å². The second-order valence-corrected chi connectivity index (χ2v) is 6.61. The average molecular weight is 388 g/mol. The van der Waals surface area contributed by atoms with E-state index in [4.69, 9.17) is 21.1 Å². The molecule has 27 heavy (non-hydrogen) atoms. The molecule has 2 aromatic carbocycles. The molecule has 0 radical (unpaired) electrons. The van der Waals surface area contributed by atoms with Gasteiger partial charge in [0.1, 0.15) is 5.82 Å². The van der Waals surface area contributed by atoms with Gasteiger partial charge in [0.05, 0.1) is 31.7 Å². The van der Waals surface area contributed by atoms with Gasteiger partial charge in [-0.2, -0.15) is 0 Å². The van der Waals surface area contributed by atoms with Crippen molar-refractivity contribution in [2.24, 2.45) is 0 Å². The predicted octanol–water partition coefficient (Wildman–Crippen LogP) is 3.62. The van der Waals surface area contributed by atoms with Crippen LogP contribution in [-0.2, 0) is 13.1 Å². The van der Waals surface area contributed by atoms with Gasteiger partial charge in [0.15, 0.2) is 11.5 Å². The maximum Gasteiger partial charge on any atom is 0.258 e. The van der Waals surface area contributed by atoms with Crippen molar-refractivity contribution in [3.05, 3.63) is 63.2 Å². The van der Waals surface area contributed by atoms with E-state index < -0.39 is 0 Å². The Morgan fingerprint density at radius 3 is 2.52 bits per heavy atom. The second kappa shape index (κ2) is 8.41. The van der Waals surface area contributed by atoms with Crippen molar-refractivity contribution < 1.29 is 9.47 Å². The molecule has 0 bridgehead atoms. The summed E-state index contributed by atoms with van der Waals surface area (Å²) in [7, 11) is 3.09. The lowest BCUT2D eigenvalue weighted by molar-refractivity contribution is 0.264. The summed E-state index contributed by atoms with van der Waals surface area (Å²) >= 11 is 6.07. The van der Waals surface area contributed by atoms with Crippen LogP contribution < -0.4 is 15.0 Å². The monoisotopic (exact) mass is 387 g/mol. The average Bonchev–Trinajstić information content (AvgIpc) is 2.66. The van der Waals surface area contributed by atoms with E-state index in [0.717, 1.165) is 12.1 Å². The van der Waals surface area contributed by atoms with Crippen LogP contribution in [0.2, 0.25) is 5.02 Å². The highest BCUT2D eigenvalue weighted by Crippen LogP contribution is 2.30. The molecular weight excluding hydrogens is 366 g/mol.